The minimum Gasteiger partial charge on any atom is -0.460 e. The molecule has 0 bridgehead atoms. The molecule has 0 radical (unpaired) electrons. The lowest BCUT2D eigenvalue weighted by atomic mass is 10.2. The number of carbonyl (C=O) groups is 2. The zero-order valence-electron chi connectivity index (χ0n) is 13.6. The Hall–Kier alpha value is -2.76. The molecule has 1 aromatic heterocycles. The number of hydrazone groups is 1. The van der Waals surface area contributed by atoms with E-state index in [9.17, 15) is 14.0 Å². The third-order valence-electron chi connectivity index (χ3n) is 3.03. The molecular formula is C16H15FIN5O3. The number of ether oxygens (including phenoxy) is 1. The van der Waals surface area contributed by atoms with Crippen LogP contribution in [-0.4, -0.2) is 29.3 Å². The van der Waals surface area contributed by atoms with E-state index in [4.69, 9.17) is 5.73 Å². The van der Waals surface area contributed by atoms with E-state index in [1.807, 2.05) is 22.6 Å². The summed E-state index contributed by atoms with van der Waals surface area (Å²) in [4.78, 5) is 27.6. The number of carbonyl (C=O) groups excluding carboxylic acids is 2. The number of esters is 1. The summed E-state index contributed by atoms with van der Waals surface area (Å²) in [5, 5.41) is 6.30. The van der Waals surface area contributed by atoms with Crippen molar-refractivity contribution in [3.05, 3.63) is 51.6 Å². The number of hydrogen-bond donors (Lipinski definition) is 3. The molecule has 2 rings (SSSR count). The molecule has 0 atom stereocenters. The Labute approximate surface area is 162 Å². The highest BCUT2D eigenvalue weighted by molar-refractivity contribution is 14.1. The van der Waals surface area contributed by atoms with Crippen LogP contribution in [0.5, 0.6) is 0 Å². The van der Waals surface area contributed by atoms with Gasteiger partial charge in [0, 0.05) is 9.77 Å². The third-order valence-corrected chi connectivity index (χ3v) is 3.70. The number of hydrogen-bond acceptors (Lipinski definition) is 6. The molecule has 0 saturated heterocycles. The minimum absolute atomic E-state index is 0.128. The number of nitrogens with two attached hydrogens (primary N) is 1. The van der Waals surface area contributed by atoms with Crippen molar-refractivity contribution >= 4 is 51.7 Å². The van der Waals surface area contributed by atoms with Crippen LogP contribution >= 0.6 is 22.6 Å². The van der Waals surface area contributed by atoms with Crippen LogP contribution in [0.2, 0.25) is 0 Å². The lowest BCUT2D eigenvalue weighted by molar-refractivity contribution is -0.135. The SMILES string of the molecule is CCOC(=O)C(N)=NNC(=O)c1ccncc1Nc1ccc(I)cc1F. The van der Waals surface area contributed by atoms with Gasteiger partial charge < -0.3 is 15.8 Å². The van der Waals surface area contributed by atoms with Gasteiger partial charge in [-0.15, -0.1) is 5.10 Å². The summed E-state index contributed by atoms with van der Waals surface area (Å²) in [6.45, 7) is 1.74. The van der Waals surface area contributed by atoms with Crippen LogP contribution in [0.3, 0.4) is 0 Å². The first-order valence-corrected chi connectivity index (χ1v) is 8.47. The predicted octanol–water partition coefficient (Wildman–Crippen LogP) is 2.13. The summed E-state index contributed by atoms with van der Waals surface area (Å²) in [6.07, 6.45) is 2.76. The summed E-state index contributed by atoms with van der Waals surface area (Å²) >= 11 is 1.99. The number of aromatic nitrogens is 1. The van der Waals surface area contributed by atoms with E-state index < -0.39 is 23.5 Å². The van der Waals surface area contributed by atoms with Gasteiger partial charge in [-0.1, -0.05) is 0 Å². The van der Waals surface area contributed by atoms with Crippen molar-refractivity contribution in [2.45, 2.75) is 6.92 Å². The molecule has 0 fully saturated rings. The van der Waals surface area contributed by atoms with Crippen LogP contribution in [0.25, 0.3) is 0 Å². The fourth-order valence-corrected chi connectivity index (χ4v) is 2.30. The molecule has 2 aromatic rings. The Bertz CT molecular complexity index is 860. The maximum absolute atomic E-state index is 14.0. The Morgan fingerprint density at radius 1 is 1.35 bits per heavy atom. The molecule has 136 valence electrons. The number of rotatable bonds is 5. The molecule has 8 nitrogen and oxygen atoms in total. The number of amides is 1. The van der Waals surface area contributed by atoms with E-state index in [-0.39, 0.29) is 23.5 Å². The first-order valence-electron chi connectivity index (χ1n) is 7.39. The van der Waals surface area contributed by atoms with Crippen LogP contribution in [0.15, 0.2) is 41.8 Å². The second-order valence-corrected chi connectivity index (χ2v) is 6.07. The van der Waals surface area contributed by atoms with E-state index in [1.54, 1.807) is 19.1 Å². The lowest BCUT2D eigenvalue weighted by Crippen LogP contribution is -2.30. The van der Waals surface area contributed by atoms with Crippen LogP contribution in [0.4, 0.5) is 15.8 Å². The van der Waals surface area contributed by atoms with Gasteiger partial charge in [-0.05, 0) is 53.8 Å². The Balaban J connectivity index is 2.19. The van der Waals surface area contributed by atoms with Crippen LogP contribution in [0, 0.1) is 9.39 Å². The average Bonchev–Trinajstić information content (AvgIpc) is 2.62. The number of benzene rings is 1. The van der Waals surface area contributed by atoms with E-state index in [2.05, 4.69) is 25.6 Å². The zero-order valence-corrected chi connectivity index (χ0v) is 15.8. The number of nitrogens with one attached hydrogen (secondary N) is 2. The normalized spacial score (nSPS) is 11.0. The summed E-state index contributed by atoms with van der Waals surface area (Å²) in [7, 11) is 0. The van der Waals surface area contributed by atoms with E-state index in [1.165, 1.54) is 24.5 Å². The van der Waals surface area contributed by atoms with Crippen molar-refractivity contribution in [3.8, 4) is 0 Å². The first-order chi connectivity index (χ1) is 12.4. The molecule has 0 spiro atoms. The molecule has 4 N–H and O–H groups in total. The number of amidine groups is 1. The molecule has 0 unspecified atom stereocenters. The van der Waals surface area contributed by atoms with Gasteiger partial charge in [-0.25, -0.2) is 14.6 Å². The van der Waals surface area contributed by atoms with Crippen molar-refractivity contribution in [3.63, 3.8) is 0 Å². The summed E-state index contributed by atoms with van der Waals surface area (Å²) in [5.74, 6) is -2.47. The van der Waals surface area contributed by atoms with E-state index in [0.29, 0.717) is 0 Å². The number of halogens is 2. The fourth-order valence-electron chi connectivity index (χ4n) is 1.85. The number of anilines is 2. The van der Waals surface area contributed by atoms with Gasteiger partial charge in [0.1, 0.15) is 5.82 Å². The quantitative estimate of drug-likeness (QED) is 0.202. The highest BCUT2D eigenvalue weighted by Crippen LogP contribution is 2.23. The van der Waals surface area contributed by atoms with Crippen molar-refractivity contribution in [2.75, 3.05) is 11.9 Å². The first kappa shape index (κ1) is 19.6. The molecule has 1 amide bonds. The maximum Gasteiger partial charge on any atom is 0.375 e. The molecule has 0 aliphatic rings. The van der Waals surface area contributed by atoms with Gasteiger partial charge in [0.05, 0.1) is 29.7 Å². The van der Waals surface area contributed by atoms with Crippen molar-refractivity contribution in [1.82, 2.24) is 10.4 Å². The molecule has 1 heterocycles. The van der Waals surface area contributed by atoms with Gasteiger partial charge in [0.25, 0.3) is 5.91 Å². The standard InChI is InChI=1S/C16H15FIN5O3/c1-2-26-16(25)14(19)22-23-15(24)10-5-6-20-8-13(10)21-12-4-3-9(18)7-11(12)17/h3-8,21H,2H2,1H3,(H2,19,22)(H,23,24). The highest BCUT2D eigenvalue weighted by atomic mass is 127. The number of nitrogens with zero attached hydrogens (tertiary/aromatic N) is 2. The maximum atomic E-state index is 14.0. The van der Waals surface area contributed by atoms with Crippen molar-refractivity contribution in [1.29, 1.82) is 0 Å². The molecule has 0 saturated carbocycles. The Kier molecular flexibility index (Phi) is 6.83. The van der Waals surface area contributed by atoms with Gasteiger partial charge >= 0.3 is 5.97 Å². The van der Waals surface area contributed by atoms with Crippen LogP contribution < -0.4 is 16.5 Å². The topological polar surface area (TPSA) is 119 Å². The smallest absolute Gasteiger partial charge is 0.375 e. The molecule has 26 heavy (non-hydrogen) atoms. The second-order valence-electron chi connectivity index (χ2n) is 4.83. The summed E-state index contributed by atoms with van der Waals surface area (Å²) in [6, 6.07) is 6.02. The molecule has 0 aliphatic carbocycles. The molecular weight excluding hydrogens is 456 g/mol. The van der Waals surface area contributed by atoms with Gasteiger partial charge in [-0.3, -0.25) is 9.78 Å². The fraction of sp³-hybridized carbons (Fsp3) is 0.125. The second kappa shape index (κ2) is 9.08. The minimum atomic E-state index is -0.846. The Morgan fingerprint density at radius 2 is 2.12 bits per heavy atom. The summed E-state index contributed by atoms with van der Waals surface area (Å²) in [5.41, 5.74) is 8.14. The van der Waals surface area contributed by atoms with E-state index in [0.717, 1.165) is 3.57 Å². The Morgan fingerprint density at radius 3 is 2.81 bits per heavy atom. The van der Waals surface area contributed by atoms with Gasteiger partial charge in [0.15, 0.2) is 0 Å². The van der Waals surface area contributed by atoms with Gasteiger partial charge in [-0.2, -0.15) is 0 Å². The monoisotopic (exact) mass is 471 g/mol. The summed E-state index contributed by atoms with van der Waals surface area (Å²) < 4.78 is 19.4. The molecule has 10 heteroatoms. The zero-order chi connectivity index (χ0) is 19.1. The lowest BCUT2D eigenvalue weighted by Gasteiger charge is -2.11. The van der Waals surface area contributed by atoms with Crippen LogP contribution in [0.1, 0.15) is 17.3 Å². The number of pyridine rings is 1. The molecule has 0 aliphatic heterocycles. The van der Waals surface area contributed by atoms with Gasteiger partial charge in [0.2, 0.25) is 5.84 Å². The van der Waals surface area contributed by atoms with Crippen molar-refractivity contribution < 1.29 is 18.7 Å². The van der Waals surface area contributed by atoms with Crippen LogP contribution in [-0.2, 0) is 9.53 Å². The third kappa shape index (κ3) is 5.12. The highest BCUT2D eigenvalue weighted by Gasteiger charge is 2.14. The van der Waals surface area contributed by atoms with E-state index >= 15 is 0 Å². The predicted molar refractivity (Wildman–Crippen MR) is 102 cm³/mol. The van der Waals surface area contributed by atoms with Crippen molar-refractivity contribution in [2.24, 2.45) is 10.8 Å². The average molecular weight is 471 g/mol. The molecule has 1 aromatic carbocycles. The largest absolute Gasteiger partial charge is 0.460 e.